The van der Waals surface area contributed by atoms with Crippen molar-refractivity contribution in [2.45, 2.75) is 13.5 Å². The zero-order valence-corrected chi connectivity index (χ0v) is 14.0. The van der Waals surface area contributed by atoms with Gasteiger partial charge in [0, 0.05) is 12.1 Å². The summed E-state index contributed by atoms with van der Waals surface area (Å²) in [6, 6.07) is 11.0. The molecule has 8 heteroatoms. The first-order chi connectivity index (χ1) is 11.4. The minimum Gasteiger partial charge on any atom is -0.268 e. The van der Waals surface area contributed by atoms with Crippen LogP contribution in [0.3, 0.4) is 0 Å². The van der Waals surface area contributed by atoms with Crippen LogP contribution in [0.1, 0.15) is 17.3 Å². The van der Waals surface area contributed by atoms with E-state index in [4.69, 9.17) is 0 Å². The number of carbonyl (C=O) groups excluding carboxylic acids is 1. The summed E-state index contributed by atoms with van der Waals surface area (Å²) in [5.41, 5.74) is 2.18. The van der Waals surface area contributed by atoms with Gasteiger partial charge < -0.3 is 0 Å². The number of pyridine rings is 1. The van der Waals surface area contributed by atoms with Crippen LogP contribution in [-0.4, -0.2) is 35.3 Å². The molecule has 124 valence electrons. The van der Waals surface area contributed by atoms with Crippen LogP contribution in [0.5, 0.6) is 0 Å². The Labute approximate surface area is 139 Å². The van der Waals surface area contributed by atoms with Crippen LogP contribution in [-0.2, 0) is 16.6 Å². The summed E-state index contributed by atoms with van der Waals surface area (Å²) in [6.07, 6.45) is 2.47. The molecule has 0 unspecified atom stereocenters. The van der Waals surface area contributed by atoms with E-state index in [1.807, 2.05) is 42.0 Å². The molecule has 7 nitrogen and oxygen atoms in total. The van der Waals surface area contributed by atoms with Gasteiger partial charge in [0.25, 0.3) is 5.91 Å². The van der Waals surface area contributed by atoms with Crippen molar-refractivity contribution in [1.82, 2.24) is 19.5 Å². The van der Waals surface area contributed by atoms with E-state index in [2.05, 4.69) is 10.1 Å². The van der Waals surface area contributed by atoms with E-state index in [1.165, 1.54) is 6.20 Å². The summed E-state index contributed by atoms with van der Waals surface area (Å²) >= 11 is 0. The van der Waals surface area contributed by atoms with Crippen molar-refractivity contribution in [3.8, 4) is 11.3 Å². The fourth-order valence-corrected chi connectivity index (χ4v) is 2.89. The van der Waals surface area contributed by atoms with Gasteiger partial charge in [0.15, 0.2) is 5.65 Å². The normalized spacial score (nSPS) is 11.6. The van der Waals surface area contributed by atoms with Gasteiger partial charge in [-0.05, 0) is 13.0 Å². The molecule has 24 heavy (non-hydrogen) atoms. The molecule has 3 rings (SSSR count). The number of fused-ring (bicyclic) bond motifs is 1. The van der Waals surface area contributed by atoms with E-state index in [0.29, 0.717) is 23.3 Å². The van der Waals surface area contributed by atoms with Crippen molar-refractivity contribution in [3.63, 3.8) is 0 Å². The number of amides is 1. The molecule has 0 atom stereocenters. The topological polar surface area (TPSA) is 94.0 Å². The lowest BCUT2D eigenvalue weighted by atomic mass is 10.1. The minimum atomic E-state index is -3.66. The third kappa shape index (κ3) is 3.13. The van der Waals surface area contributed by atoms with Crippen molar-refractivity contribution in [2.24, 2.45) is 0 Å². The largest absolute Gasteiger partial charge is 0.268 e. The molecule has 0 aliphatic heterocycles. The smallest absolute Gasteiger partial charge is 0.265 e. The average Bonchev–Trinajstić information content (AvgIpc) is 2.96. The number of hydrogen-bond acceptors (Lipinski definition) is 5. The molecule has 0 fully saturated rings. The van der Waals surface area contributed by atoms with Crippen LogP contribution in [0, 0.1) is 0 Å². The fraction of sp³-hybridized carbons (Fsp3) is 0.188. The van der Waals surface area contributed by atoms with Gasteiger partial charge in [0.1, 0.15) is 0 Å². The van der Waals surface area contributed by atoms with E-state index >= 15 is 0 Å². The molecule has 2 heterocycles. The van der Waals surface area contributed by atoms with Gasteiger partial charge in [-0.25, -0.2) is 22.8 Å². The summed E-state index contributed by atoms with van der Waals surface area (Å²) < 4.78 is 26.5. The van der Waals surface area contributed by atoms with Crippen LogP contribution in [0.15, 0.2) is 42.6 Å². The maximum atomic E-state index is 12.4. The van der Waals surface area contributed by atoms with Crippen molar-refractivity contribution >= 4 is 27.0 Å². The van der Waals surface area contributed by atoms with Crippen LogP contribution in [0.25, 0.3) is 22.3 Å². The predicted molar refractivity (Wildman–Crippen MR) is 90.9 cm³/mol. The summed E-state index contributed by atoms with van der Waals surface area (Å²) in [5, 5.41) is 4.72. The molecule has 0 aliphatic carbocycles. The monoisotopic (exact) mass is 344 g/mol. The second kappa shape index (κ2) is 6.04. The molecule has 1 amide bonds. The summed E-state index contributed by atoms with van der Waals surface area (Å²) in [4.78, 5) is 17.0. The molecule has 2 aromatic heterocycles. The van der Waals surface area contributed by atoms with Gasteiger partial charge in [-0.15, -0.1) is 0 Å². The predicted octanol–water partition coefficient (Wildman–Crippen LogP) is 1.81. The summed E-state index contributed by atoms with van der Waals surface area (Å²) in [5.74, 6) is -0.697. The zero-order chi connectivity index (χ0) is 17.3. The first-order valence-electron chi connectivity index (χ1n) is 7.33. The second-order valence-corrected chi connectivity index (χ2v) is 7.07. The zero-order valence-electron chi connectivity index (χ0n) is 13.2. The quantitative estimate of drug-likeness (QED) is 0.779. The number of nitrogens with zero attached hydrogens (tertiary/aromatic N) is 3. The Morgan fingerprint density at radius 2 is 1.96 bits per heavy atom. The number of hydrogen-bond donors (Lipinski definition) is 1. The fourth-order valence-electron chi connectivity index (χ4n) is 2.45. The lowest BCUT2D eigenvalue weighted by molar-refractivity contribution is 0.0983. The van der Waals surface area contributed by atoms with Gasteiger partial charge in [-0.2, -0.15) is 5.10 Å². The molecule has 0 saturated carbocycles. The molecule has 1 N–H and O–H groups in total. The molecule has 0 radical (unpaired) electrons. The summed E-state index contributed by atoms with van der Waals surface area (Å²) in [7, 11) is -3.66. The first-order valence-corrected chi connectivity index (χ1v) is 9.22. The number of nitrogens with one attached hydrogen (secondary N) is 1. The third-order valence-corrected chi connectivity index (χ3v) is 4.06. The maximum Gasteiger partial charge on any atom is 0.265 e. The molecular weight excluding hydrogens is 328 g/mol. The van der Waals surface area contributed by atoms with Crippen LogP contribution in [0.2, 0.25) is 0 Å². The van der Waals surface area contributed by atoms with Crippen molar-refractivity contribution in [3.05, 3.63) is 48.2 Å². The average molecular weight is 344 g/mol. The molecule has 3 aromatic rings. The van der Waals surface area contributed by atoms with Crippen LogP contribution >= 0.6 is 0 Å². The Hall–Kier alpha value is -2.74. The lowest BCUT2D eigenvalue weighted by Gasteiger charge is -2.08. The van der Waals surface area contributed by atoms with Crippen molar-refractivity contribution < 1.29 is 13.2 Å². The number of rotatable bonds is 4. The standard InChI is InChI=1S/C16H16N4O3S/c1-3-20-15-13(10-17-20)12(16(21)19-24(2,22)23)9-14(18-15)11-7-5-4-6-8-11/h4-10H,3H2,1-2H3,(H,19,21). The number of sulfonamides is 1. The van der Waals surface area contributed by atoms with E-state index in [0.717, 1.165) is 11.8 Å². The number of benzene rings is 1. The molecular formula is C16H16N4O3S. The minimum absolute atomic E-state index is 0.226. The molecule has 0 spiro atoms. The Morgan fingerprint density at radius 1 is 1.25 bits per heavy atom. The highest BCUT2D eigenvalue weighted by Crippen LogP contribution is 2.25. The number of carbonyl (C=O) groups is 1. The SMILES string of the molecule is CCn1ncc2c(C(=O)NS(C)(=O)=O)cc(-c3ccccc3)nc21. The number of aryl methyl sites for hydroxylation is 1. The highest BCUT2D eigenvalue weighted by Gasteiger charge is 2.19. The van der Waals surface area contributed by atoms with Gasteiger partial charge in [-0.3, -0.25) is 4.79 Å². The van der Waals surface area contributed by atoms with Gasteiger partial charge in [0.05, 0.1) is 29.1 Å². The van der Waals surface area contributed by atoms with Gasteiger partial charge in [-0.1, -0.05) is 30.3 Å². The third-order valence-electron chi connectivity index (χ3n) is 3.50. The number of aromatic nitrogens is 3. The Kier molecular flexibility index (Phi) is 4.06. The Bertz CT molecular complexity index is 1010. The second-order valence-electron chi connectivity index (χ2n) is 5.32. The highest BCUT2D eigenvalue weighted by molar-refractivity contribution is 7.89. The van der Waals surface area contributed by atoms with E-state index < -0.39 is 15.9 Å². The van der Waals surface area contributed by atoms with Gasteiger partial charge in [0.2, 0.25) is 10.0 Å². The summed E-state index contributed by atoms with van der Waals surface area (Å²) in [6.45, 7) is 2.50. The maximum absolute atomic E-state index is 12.4. The Morgan fingerprint density at radius 3 is 2.58 bits per heavy atom. The van der Waals surface area contributed by atoms with Crippen LogP contribution < -0.4 is 4.72 Å². The highest BCUT2D eigenvalue weighted by atomic mass is 32.2. The van der Waals surface area contributed by atoms with E-state index in [1.54, 1.807) is 10.7 Å². The van der Waals surface area contributed by atoms with E-state index in [-0.39, 0.29) is 5.56 Å². The molecule has 0 bridgehead atoms. The van der Waals surface area contributed by atoms with E-state index in [9.17, 15) is 13.2 Å². The van der Waals surface area contributed by atoms with Crippen molar-refractivity contribution in [1.29, 1.82) is 0 Å². The molecule has 0 saturated heterocycles. The molecule has 1 aromatic carbocycles. The lowest BCUT2D eigenvalue weighted by Crippen LogP contribution is -2.29. The Balaban J connectivity index is 2.23. The van der Waals surface area contributed by atoms with Crippen molar-refractivity contribution in [2.75, 3.05) is 6.26 Å². The van der Waals surface area contributed by atoms with Gasteiger partial charge >= 0.3 is 0 Å². The molecule has 0 aliphatic rings. The van der Waals surface area contributed by atoms with Crippen LogP contribution in [0.4, 0.5) is 0 Å². The first kappa shape index (κ1) is 16.1.